The van der Waals surface area contributed by atoms with E-state index in [1.54, 1.807) is 0 Å². The van der Waals surface area contributed by atoms with E-state index < -0.39 is 6.04 Å². The summed E-state index contributed by atoms with van der Waals surface area (Å²) in [6.07, 6.45) is 0.869. The zero-order chi connectivity index (χ0) is 18.8. The summed E-state index contributed by atoms with van der Waals surface area (Å²) in [4.78, 5) is 12.2. The normalized spacial score (nSPS) is 13.0. The fourth-order valence-electron chi connectivity index (χ4n) is 2.40. The molecule has 2 unspecified atom stereocenters. The molecule has 0 aliphatic rings. The molecule has 0 fully saturated rings. The van der Waals surface area contributed by atoms with Gasteiger partial charge in [0, 0.05) is 5.69 Å². The first kappa shape index (κ1) is 19.9. The molecule has 3 N–H and O–H groups in total. The van der Waals surface area contributed by atoms with Gasteiger partial charge in [0.2, 0.25) is 5.91 Å². The molecule has 1 amide bonds. The van der Waals surface area contributed by atoms with Crippen LogP contribution in [0.15, 0.2) is 54.6 Å². The third-order valence-electron chi connectivity index (χ3n) is 4.26. The van der Waals surface area contributed by atoms with Crippen LogP contribution < -0.4 is 15.8 Å². The highest BCUT2D eigenvalue weighted by Gasteiger charge is 2.19. The summed E-state index contributed by atoms with van der Waals surface area (Å²) in [5, 5.41) is 2.88. The van der Waals surface area contributed by atoms with Gasteiger partial charge in [-0.1, -0.05) is 50.6 Å². The number of anilines is 1. The number of rotatable bonds is 10. The monoisotopic (exact) mass is 356 g/mol. The quantitative estimate of drug-likeness (QED) is 0.638. The lowest BCUT2D eigenvalue weighted by atomic mass is 9.99. The van der Waals surface area contributed by atoms with Crippen LogP contribution in [0.5, 0.6) is 5.75 Å². The van der Waals surface area contributed by atoms with Gasteiger partial charge in [-0.05, 0) is 35.7 Å². The van der Waals surface area contributed by atoms with Crippen molar-refractivity contribution in [3.8, 4) is 5.75 Å². The number of carbonyl (C=O) groups is 1. The molecule has 2 rings (SSSR count). The average molecular weight is 356 g/mol. The topological polar surface area (TPSA) is 73.6 Å². The number of ether oxygens (including phenoxy) is 2. The van der Waals surface area contributed by atoms with Gasteiger partial charge in [-0.15, -0.1) is 0 Å². The van der Waals surface area contributed by atoms with E-state index in [0.717, 1.165) is 23.4 Å². The van der Waals surface area contributed by atoms with Crippen molar-refractivity contribution in [2.75, 3.05) is 18.5 Å². The van der Waals surface area contributed by atoms with Crippen LogP contribution in [0.4, 0.5) is 5.69 Å². The molecule has 0 saturated heterocycles. The molecule has 5 heteroatoms. The summed E-state index contributed by atoms with van der Waals surface area (Å²) < 4.78 is 11.2. The molecule has 0 heterocycles. The smallest absolute Gasteiger partial charge is 0.241 e. The number of carbonyl (C=O) groups excluding carboxylic acids is 1. The van der Waals surface area contributed by atoms with Crippen molar-refractivity contribution in [2.45, 2.75) is 32.9 Å². The van der Waals surface area contributed by atoms with E-state index in [1.807, 2.05) is 68.4 Å². The van der Waals surface area contributed by atoms with Crippen LogP contribution in [-0.2, 0) is 16.1 Å². The number of amides is 1. The maximum absolute atomic E-state index is 12.2. The van der Waals surface area contributed by atoms with Gasteiger partial charge in [0.1, 0.15) is 12.4 Å². The first-order valence-electron chi connectivity index (χ1n) is 9.01. The second-order valence-electron chi connectivity index (χ2n) is 6.32. The Balaban J connectivity index is 1.75. The second kappa shape index (κ2) is 10.6. The number of hydrogen-bond acceptors (Lipinski definition) is 4. The largest absolute Gasteiger partial charge is 0.491 e. The lowest BCUT2D eigenvalue weighted by molar-refractivity contribution is -0.118. The van der Waals surface area contributed by atoms with Gasteiger partial charge in [-0.25, -0.2) is 0 Å². The van der Waals surface area contributed by atoms with Gasteiger partial charge >= 0.3 is 0 Å². The fraction of sp³-hybridized carbons (Fsp3) is 0.381. The summed E-state index contributed by atoms with van der Waals surface area (Å²) >= 11 is 0. The highest BCUT2D eigenvalue weighted by Crippen LogP contribution is 2.14. The first-order valence-corrected chi connectivity index (χ1v) is 9.01. The molecule has 0 spiro atoms. The summed E-state index contributed by atoms with van der Waals surface area (Å²) in [7, 11) is 0. The molecule has 0 bridgehead atoms. The third kappa shape index (κ3) is 6.50. The molecule has 0 aliphatic heterocycles. The Labute approximate surface area is 155 Å². The van der Waals surface area contributed by atoms with Gasteiger partial charge < -0.3 is 20.5 Å². The zero-order valence-corrected chi connectivity index (χ0v) is 15.5. The van der Waals surface area contributed by atoms with Crippen LogP contribution in [0.1, 0.15) is 25.8 Å². The maximum atomic E-state index is 12.2. The van der Waals surface area contributed by atoms with E-state index in [4.69, 9.17) is 15.2 Å². The number of nitrogens with two attached hydrogens (primary N) is 1. The fourth-order valence-corrected chi connectivity index (χ4v) is 2.40. The van der Waals surface area contributed by atoms with Gasteiger partial charge in [-0.3, -0.25) is 4.79 Å². The zero-order valence-electron chi connectivity index (χ0n) is 15.5. The lowest BCUT2D eigenvalue weighted by Gasteiger charge is -2.18. The van der Waals surface area contributed by atoms with E-state index in [-0.39, 0.29) is 11.8 Å². The second-order valence-corrected chi connectivity index (χ2v) is 6.32. The molecule has 5 nitrogen and oxygen atoms in total. The molecule has 2 aromatic carbocycles. The van der Waals surface area contributed by atoms with Crippen LogP contribution in [0.25, 0.3) is 0 Å². The maximum Gasteiger partial charge on any atom is 0.241 e. The van der Waals surface area contributed by atoms with Gasteiger partial charge in [0.25, 0.3) is 0 Å². The predicted molar refractivity (Wildman–Crippen MR) is 104 cm³/mol. The highest BCUT2D eigenvalue weighted by atomic mass is 16.5. The van der Waals surface area contributed by atoms with Crippen molar-refractivity contribution in [2.24, 2.45) is 11.7 Å². The van der Waals surface area contributed by atoms with E-state index in [9.17, 15) is 4.79 Å². The minimum atomic E-state index is -0.505. The first-order chi connectivity index (χ1) is 12.6. The van der Waals surface area contributed by atoms with Gasteiger partial charge in [0.15, 0.2) is 0 Å². The number of para-hydroxylation sites is 1. The van der Waals surface area contributed by atoms with Crippen molar-refractivity contribution in [3.05, 3.63) is 60.2 Å². The van der Waals surface area contributed by atoms with Crippen LogP contribution in [0, 0.1) is 5.92 Å². The summed E-state index contributed by atoms with van der Waals surface area (Å²) in [6.45, 7) is 5.44. The Kier molecular flexibility index (Phi) is 8.12. The van der Waals surface area contributed by atoms with Crippen molar-refractivity contribution in [1.29, 1.82) is 0 Å². The molecule has 0 aromatic heterocycles. The van der Waals surface area contributed by atoms with Crippen LogP contribution in [0.3, 0.4) is 0 Å². The summed E-state index contributed by atoms with van der Waals surface area (Å²) in [5.74, 6) is 0.818. The molecule has 140 valence electrons. The minimum Gasteiger partial charge on any atom is -0.491 e. The molecular formula is C21H28N2O3. The molecule has 26 heavy (non-hydrogen) atoms. The molecular weight excluding hydrogens is 328 g/mol. The predicted octanol–water partition coefficient (Wildman–Crippen LogP) is 3.59. The van der Waals surface area contributed by atoms with Gasteiger partial charge in [-0.2, -0.15) is 0 Å². The Bertz CT molecular complexity index is 676. The number of benzene rings is 2. The van der Waals surface area contributed by atoms with Crippen molar-refractivity contribution in [3.63, 3.8) is 0 Å². The molecule has 0 aliphatic carbocycles. The summed E-state index contributed by atoms with van der Waals surface area (Å²) in [5.41, 5.74) is 7.69. The van der Waals surface area contributed by atoms with E-state index >= 15 is 0 Å². The Hall–Kier alpha value is -2.37. The van der Waals surface area contributed by atoms with Crippen molar-refractivity contribution in [1.82, 2.24) is 0 Å². The van der Waals surface area contributed by atoms with Crippen molar-refractivity contribution < 1.29 is 14.3 Å². The Morgan fingerprint density at radius 3 is 2.62 bits per heavy atom. The van der Waals surface area contributed by atoms with Crippen molar-refractivity contribution >= 4 is 11.6 Å². The third-order valence-corrected chi connectivity index (χ3v) is 4.26. The van der Waals surface area contributed by atoms with E-state index in [2.05, 4.69) is 5.32 Å². The molecule has 2 atom stereocenters. The molecule has 0 saturated carbocycles. The average Bonchev–Trinajstić information content (AvgIpc) is 2.67. The number of hydrogen-bond donors (Lipinski definition) is 2. The standard InChI is InChI=1S/C21H28N2O3/c1-3-16(2)20(22)21(24)23-18-9-7-8-17(14-18)15-25-12-13-26-19-10-5-4-6-11-19/h4-11,14,16,20H,3,12-13,15,22H2,1-2H3,(H,23,24). The lowest BCUT2D eigenvalue weighted by Crippen LogP contribution is -2.40. The van der Waals surface area contributed by atoms with Crippen LogP contribution in [0.2, 0.25) is 0 Å². The minimum absolute atomic E-state index is 0.145. The Morgan fingerprint density at radius 1 is 1.12 bits per heavy atom. The van der Waals surface area contributed by atoms with E-state index in [0.29, 0.717) is 19.8 Å². The summed E-state index contributed by atoms with van der Waals surface area (Å²) in [6, 6.07) is 16.7. The highest BCUT2D eigenvalue weighted by molar-refractivity contribution is 5.94. The van der Waals surface area contributed by atoms with E-state index in [1.165, 1.54) is 0 Å². The number of nitrogens with one attached hydrogen (secondary N) is 1. The van der Waals surface area contributed by atoms with Crippen LogP contribution >= 0.6 is 0 Å². The molecule has 2 aromatic rings. The SMILES string of the molecule is CCC(C)C(N)C(=O)Nc1cccc(COCCOc2ccccc2)c1. The molecule has 0 radical (unpaired) electrons. The van der Waals surface area contributed by atoms with Crippen LogP contribution in [-0.4, -0.2) is 25.2 Å². The Morgan fingerprint density at radius 2 is 1.88 bits per heavy atom. The van der Waals surface area contributed by atoms with Gasteiger partial charge in [0.05, 0.1) is 19.3 Å².